The van der Waals surface area contributed by atoms with Gasteiger partial charge >= 0.3 is 0 Å². The van der Waals surface area contributed by atoms with Crippen LogP contribution in [0.25, 0.3) is 0 Å². The zero-order valence-corrected chi connectivity index (χ0v) is 8.03. The lowest BCUT2D eigenvalue weighted by atomic mass is 10.2. The fourth-order valence-corrected chi connectivity index (χ4v) is 1.13. The summed E-state index contributed by atoms with van der Waals surface area (Å²) in [5.41, 5.74) is 0. The summed E-state index contributed by atoms with van der Waals surface area (Å²) in [6, 6.07) is 0. The van der Waals surface area contributed by atoms with Crippen LogP contribution in [0, 0.1) is 0 Å². The third-order valence-corrected chi connectivity index (χ3v) is 1.69. The van der Waals surface area contributed by atoms with Gasteiger partial charge in [0.15, 0.2) is 11.6 Å². The largest absolute Gasteiger partial charge is 0.509 e. The smallest absolute Gasteiger partial charge is 0.164 e. The fraction of sp³-hybridized carbons (Fsp3) is 0.667. The number of carbonyl (C=O) groups excluding carboxylic acids is 1. The molecule has 0 unspecified atom stereocenters. The third kappa shape index (κ3) is 2.82. The predicted molar refractivity (Wildman–Crippen MR) is 46.3 cm³/mol. The molecule has 0 amide bonds. The average molecular weight is 186 g/mol. The molecule has 13 heavy (non-hydrogen) atoms. The van der Waals surface area contributed by atoms with Gasteiger partial charge in [0.1, 0.15) is 11.9 Å². The quantitative estimate of drug-likeness (QED) is 0.519. The molecule has 0 saturated carbocycles. The third-order valence-electron chi connectivity index (χ3n) is 1.69. The van der Waals surface area contributed by atoms with E-state index >= 15 is 0 Å². The van der Waals surface area contributed by atoms with Gasteiger partial charge in [-0.15, -0.1) is 0 Å². The number of allylic oxidation sites excluding steroid dienone is 1. The number of aliphatic hydroxyl groups is 1. The zero-order chi connectivity index (χ0) is 10.1. The topological polar surface area (TPSA) is 55.8 Å². The summed E-state index contributed by atoms with van der Waals surface area (Å²) in [6.45, 7) is 5.17. The number of ketones is 1. The van der Waals surface area contributed by atoms with E-state index in [0.29, 0.717) is 0 Å². The Kier molecular flexibility index (Phi) is 2.73. The highest BCUT2D eigenvalue weighted by Crippen LogP contribution is 2.25. The highest BCUT2D eigenvalue weighted by atomic mass is 16.7. The van der Waals surface area contributed by atoms with Crippen LogP contribution in [0.1, 0.15) is 20.8 Å². The van der Waals surface area contributed by atoms with Crippen LogP contribution in [-0.4, -0.2) is 29.4 Å². The standard InChI is InChI=1S/C9H14O4/c1-6(10)4-7(11)8-5-12-9(2,3)13-8/h4,8,11H,5H2,1-3H3/b7-4-/t8-/m1/s1. The van der Waals surface area contributed by atoms with Gasteiger partial charge < -0.3 is 14.6 Å². The van der Waals surface area contributed by atoms with Crippen LogP contribution in [-0.2, 0) is 14.3 Å². The Hall–Kier alpha value is -0.870. The van der Waals surface area contributed by atoms with E-state index in [0.717, 1.165) is 6.08 Å². The fourth-order valence-electron chi connectivity index (χ4n) is 1.13. The molecule has 1 N–H and O–H groups in total. The van der Waals surface area contributed by atoms with E-state index in [1.54, 1.807) is 13.8 Å². The Morgan fingerprint density at radius 2 is 2.23 bits per heavy atom. The molecule has 0 spiro atoms. The highest BCUT2D eigenvalue weighted by Gasteiger charge is 2.34. The van der Waals surface area contributed by atoms with Crippen LogP contribution < -0.4 is 0 Å². The lowest BCUT2D eigenvalue weighted by molar-refractivity contribution is -0.137. The van der Waals surface area contributed by atoms with Gasteiger partial charge in [-0.05, 0) is 20.8 Å². The van der Waals surface area contributed by atoms with Gasteiger partial charge in [-0.2, -0.15) is 0 Å². The molecule has 1 rings (SSSR count). The summed E-state index contributed by atoms with van der Waals surface area (Å²) in [7, 11) is 0. The summed E-state index contributed by atoms with van der Waals surface area (Å²) in [4.78, 5) is 10.6. The van der Waals surface area contributed by atoms with Gasteiger partial charge in [0.25, 0.3) is 0 Å². The summed E-state index contributed by atoms with van der Waals surface area (Å²) in [6.07, 6.45) is 0.633. The molecule has 1 aliphatic heterocycles. The molecule has 0 aromatic heterocycles. The first-order valence-corrected chi connectivity index (χ1v) is 4.13. The first-order chi connectivity index (χ1) is 5.91. The molecule has 0 aliphatic carbocycles. The first kappa shape index (κ1) is 10.2. The van der Waals surface area contributed by atoms with Crippen molar-refractivity contribution >= 4 is 5.78 Å². The molecule has 0 aromatic carbocycles. The Morgan fingerprint density at radius 3 is 2.62 bits per heavy atom. The predicted octanol–water partition coefficient (Wildman–Crippen LogP) is 1.17. The molecular formula is C9H14O4. The van der Waals surface area contributed by atoms with Crippen LogP contribution in [0.15, 0.2) is 11.8 Å². The van der Waals surface area contributed by atoms with E-state index in [2.05, 4.69) is 0 Å². The Morgan fingerprint density at radius 1 is 1.62 bits per heavy atom. The van der Waals surface area contributed by atoms with Crippen molar-refractivity contribution in [3.8, 4) is 0 Å². The second-order valence-corrected chi connectivity index (χ2v) is 3.50. The molecule has 0 aromatic rings. The van der Waals surface area contributed by atoms with E-state index in [9.17, 15) is 9.90 Å². The van der Waals surface area contributed by atoms with Gasteiger partial charge in [0.2, 0.25) is 0 Å². The van der Waals surface area contributed by atoms with Crippen molar-refractivity contribution in [2.24, 2.45) is 0 Å². The Labute approximate surface area is 77.1 Å². The lowest BCUT2D eigenvalue weighted by Gasteiger charge is -2.16. The molecule has 0 radical (unpaired) electrons. The Balaban J connectivity index is 2.61. The maximum absolute atomic E-state index is 10.6. The normalized spacial score (nSPS) is 27.6. The number of carbonyl (C=O) groups is 1. The van der Waals surface area contributed by atoms with E-state index in [1.807, 2.05) is 0 Å². The summed E-state index contributed by atoms with van der Waals surface area (Å²) < 4.78 is 10.5. The number of aliphatic hydroxyl groups excluding tert-OH is 1. The number of rotatable bonds is 2. The summed E-state index contributed by atoms with van der Waals surface area (Å²) in [5.74, 6) is -0.951. The van der Waals surface area contributed by atoms with Gasteiger partial charge in [0, 0.05) is 6.08 Å². The molecule has 0 bridgehead atoms. The minimum absolute atomic E-state index is 0.0712. The zero-order valence-electron chi connectivity index (χ0n) is 8.03. The van der Waals surface area contributed by atoms with E-state index in [1.165, 1.54) is 6.92 Å². The molecule has 1 heterocycles. The SMILES string of the molecule is CC(=O)/C=C(\O)[C@H]1COC(C)(C)O1. The molecule has 1 saturated heterocycles. The average Bonchev–Trinajstić information content (AvgIpc) is 2.28. The van der Waals surface area contributed by atoms with Crippen molar-refractivity contribution in [1.29, 1.82) is 0 Å². The van der Waals surface area contributed by atoms with Gasteiger partial charge in [-0.25, -0.2) is 0 Å². The Bertz CT molecular complexity index is 242. The van der Waals surface area contributed by atoms with Crippen molar-refractivity contribution in [3.05, 3.63) is 11.8 Å². The molecule has 1 atom stereocenters. The van der Waals surface area contributed by atoms with Gasteiger partial charge in [-0.3, -0.25) is 4.79 Å². The highest BCUT2D eigenvalue weighted by molar-refractivity contribution is 5.87. The van der Waals surface area contributed by atoms with Gasteiger partial charge in [0.05, 0.1) is 6.61 Å². The number of hydrogen-bond acceptors (Lipinski definition) is 4. The molecule has 74 valence electrons. The minimum atomic E-state index is -0.677. The molecular weight excluding hydrogens is 172 g/mol. The van der Waals surface area contributed by atoms with E-state index in [4.69, 9.17) is 9.47 Å². The lowest BCUT2D eigenvalue weighted by Crippen LogP contribution is -2.22. The second-order valence-electron chi connectivity index (χ2n) is 3.50. The van der Waals surface area contributed by atoms with Crippen LogP contribution in [0.2, 0.25) is 0 Å². The molecule has 1 aliphatic rings. The molecule has 4 heteroatoms. The van der Waals surface area contributed by atoms with Crippen LogP contribution >= 0.6 is 0 Å². The van der Waals surface area contributed by atoms with Crippen molar-refractivity contribution in [3.63, 3.8) is 0 Å². The number of ether oxygens (including phenoxy) is 2. The van der Waals surface area contributed by atoms with Crippen LogP contribution in [0.5, 0.6) is 0 Å². The minimum Gasteiger partial charge on any atom is -0.509 e. The van der Waals surface area contributed by atoms with Crippen LogP contribution in [0.4, 0.5) is 0 Å². The van der Waals surface area contributed by atoms with Crippen molar-refractivity contribution < 1.29 is 19.4 Å². The monoisotopic (exact) mass is 186 g/mol. The van der Waals surface area contributed by atoms with E-state index < -0.39 is 11.9 Å². The van der Waals surface area contributed by atoms with Crippen molar-refractivity contribution in [1.82, 2.24) is 0 Å². The first-order valence-electron chi connectivity index (χ1n) is 4.13. The van der Waals surface area contributed by atoms with E-state index in [-0.39, 0.29) is 18.1 Å². The van der Waals surface area contributed by atoms with Crippen LogP contribution in [0.3, 0.4) is 0 Å². The van der Waals surface area contributed by atoms with Crippen molar-refractivity contribution in [2.45, 2.75) is 32.7 Å². The molecule has 4 nitrogen and oxygen atoms in total. The maximum Gasteiger partial charge on any atom is 0.164 e. The van der Waals surface area contributed by atoms with Crippen molar-refractivity contribution in [2.75, 3.05) is 6.61 Å². The second kappa shape index (κ2) is 3.47. The summed E-state index contributed by atoms with van der Waals surface area (Å²) >= 11 is 0. The van der Waals surface area contributed by atoms with Gasteiger partial charge in [-0.1, -0.05) is 0 Å². The maximum atomic E-state index is 10.6. The molecule has 1 fully saturated rings. The summed E-state index contributed by atoms with van der Waals surface area (Å²) in [5, 5.41) is 9.39. The number of hydrogen-bond donors (Lipinski definition) is 1.